The van der Waals surface area contributed by atoms with Gasteiger partial charge in [0.25, 0.3) is 11.7 Å². The number of rotatable bonds is 3. The zero-order valence-electron chi connectivity index (χ0n) is 16.8. The van der Waals surface area contributed by atoms with Crippen molar-refractivity contribution in [3.63, 3.8) is 0 Å². The molecule has 1 atom stereocenters. The Balaban J connectivity index is 1.97. The number of aryl methyl sites for hydroxylation is 2. The number of anilines is 1. The van der Waals surface area contributed by atoms with Gasteiger partial charge in [0.1, 0.15) is 11.8 Å². The summed E-state index contributed by atoms with van der Waals surface area (Å²) in [6.07, 6.45) is 1.58. The van der Waals surface area contributed by atoms with Crippen molar-refractivity contribution in [2.75, 3.05) is 4.90 Å². The Morgan fingerprint density at radius 1 is 1.00 bits per heavy atom. The van der Waals surface area contributed by atoms with Crippen molar-refractivity contribution in [2.24, 2.45) is 0 Å². The molecule has 2 heterocycles. The first-order valence-electron chi connectivity index (χ1n) is 9.54. The third-order valence-electron chi connectivity index (χ3n) is 5.22. The quantitative estimate of drug-likeness (QED) is 0.317. The van der Waals surface area contributed by atoms with Crippen molar-refractivity contribution >= 4 is 46.3 Å². The van der Waals surface area contributed by atoms with Crippen molar-refractivity contribution in [3.05, 3.63) is 98.8 Å². The van der Waals surface area contributed by atoms with E-state index in [4.69, 9.17) is 23.2 Å². The number of nitrogens with zero attached hydrogens (tertiary/aromatic N) is 2. The van der Waals surface area contributed by atoms with Gasteiger partial charge >= 0.3 is 0 Å². The predicted octanol–water partition coefficient (Wildman–Crippen LogP) is 5.63. The zero-order valence-corrected chi connectivity index (χ0v) is 18.3. The van der Waals surface area contributed by atoms with Crippen molar-refractivity contribution in [1.82, 2.24) is 4.98 Å². The normalized spacial score (nSPS) is 17.9. The van der Waals surface area contributed by atoms with E-state index in [-0.39, 0.29) is 21.9 Å². The molecule has 0 spiro atoms. The van der Waals surface area contributed by atoms with Crippen molar-refractivity contribution in [2.45, 2.75) is 19.9 Å². The Morgan fingerprint density at radius 3 is 2.42 bits per heavy atom. The number of halogens is 2. The Bertz CT molecular complexity index is 1240. The molecule has 1 N–H and O–H groups in total. The van der Waals surface area contributed by atoms with Crippen LogP contribution in [0.2, 0.25) is 10.0 Å². The van der Waals surface area contributed by atoms with E-state index in [2.05, 4.69) is 4.98 Å². The van der Waals surface area contributed by atoms with Crippen LogP contribution in [0.4, 0.5) is 5.69 Å². The number of benzene rings is 2. The second kappa shape index (κ2) is 8.17. The zero-order chi connectivity index (χ0) is 22.3. The number of carbonyl (C=O) groups is 2. The fourth-order valence-electron chi connectivity index (χ4n) is 3.77. The third kappa shape index (κ3) is 3.71. The van der Waals surface area contributed by atoms with Gasteiger partial charge in [-0.1, -0.05) is 47.0 Å². The fourth-order valence-corrected chi connectivity index (χ4v) is 4.07. The number of pyridine rings is 1. The van der Waals surface area contributed by atoms with E-state index in [1.807, 2.05) is 26.0 Å². The molecule has 7 heteroatoms. The third-order valence-corrected chi connectivity index (χ3v) is 5.96. The molecule has 5 nitrogen and oxygen atoms in total. The number of aliphatic hydroxyl groups is 1. The van der Waals surface area contributed by atoms with Gasteiger partial charge in [0.2, 0.25) is 0 Å². The number of Topliss-reactive ketones (excluding diaryl/α,β-unsaturated/α-hetero) is 1. The van der Waals surface area contributed by atoms with E-state index in [1.165, 1.54) is 17.0 Å². The Kier molecular flexibility index (Phi) is 5.56. The largest absolute Gasteiger partial charge is 0.507 e. The summed E-state index contributed by atoms with van der Waals surface area (Å²) in [7, 11) is 0. The molecule has 1 amide bonds. The van der Waals surface area contributed by atoms with Gasteiger partial charge in [0.15, 0.2) is 0 Å². The minimum absolute atomic E-state index is 0.0536. The summed E-state index contributed by atoms with van der Waals surface area (Å²) in [5.74, 6) is -1.86. The summed E-state index contributed by atoms with van der Waals surface area (Å²) in [6.45, 7) is 3.82. The maximum absolute atomic E-state index is 13.2. The standard InChI is InChI=1S/C24H18Cl2N2O3/c1-13-6-9-19(14(2)11-13)28-21(18-5-3-4-10-27-18)20(23(30)24(28)31)22(29)15-7-8-16(25)17(26)12-15/h3-12,21,29H,1-2H3/b22-20+. The fraction of sp³-hybridized carbons (Fsp3) is 0.125. The monoisotopic (exact) mass is 452 g/mol. The van der Waals surface area contributed by atoms with Gasteiger partial charge in [-0.05, 0) is 55.8 Å². The molecule has 2 aromatic carbocycles. The average Bonchev–Trinajstić information content (AvgIpc) is 3.01. The first kappa shape index (κ1) is 21.1. The summed E-state index contributed by atoms with van der Waals surface area (Å²) >= 11 is 12.1. The summed E-state index contributed by atoms with van der Waals surface area (Å²) < 4.78 is 0. The highest BCUT2D eigenvalue weighted by Crippen LogP contribution is 2.42. The van der Waals surface area contributed by atoms with Gasteiger partial charge in [-0.15, -0.1) is 0 Å². The van der Waals surface area contributed by atoms with E-state index in [9.17, 15) is 14.7 Å². The molecule has 1 saturated heterocycles. The van der Waals surface area contributed by atoms with Gasteiger partial charge in [-0.25, -0.2) is 0 Å². The van der Waals surface area contributed by atoms with E-state index >= 15 is 0 Å². The molecule has 1 aliphatic heterocycles. The van der Waals surface area contributed by atoms with Crippen molar-refractivity contribution < 1.29 is 14.7 Å². The Morgan fingerprint density at radius 2 is 1.77 bits per heavy atom. The van der Waals surface area contributed by atoms with Crippen LogP contribution in [-0.4, -0.2) is 21.8 Å². The first-order chi connectivity index (χ1) is 14.8. The van der Waals surface area contributed by atoms with Crippen LogP contribution in [0.15, 0.2) is 66.4 Å². The molecule has 4 rings (SSSR count). The predicted molar refractivity (Wildman–Crippen MR) is 121 cm³/mol. The lowest BCUT2D eigenvalue weighted by Crippen LogP contribution is -2.30. The lowest BCUT2D eigenvalue weighted by molar-refractivity contribution is -0.132. The van der Waals surface area contributed by atoms with Gasteiger partial charge < -0.3 is 5.11 Å². The summed E-state index contributed by atoms with van der Waals surface area (Å²) in [4.78, 5) is 32.0. The molecule has 156 valence electrons. The van der Waals surface area contributed by atoms with E-state index in [0.29, 0.717) is 16.4 Å². The van der Waals surface area contributed by atoms with Crippen LogP contribution in [0.5, 0.6) is 0 Å². The lowest BCUT2D eigenvalue weighted by atomic mass is 9.98. The molecule has 0 saturated carbocycles. The van der Waals surface area contributed by atoms with E-state index in [1.54, 1.807) is 36.5 Å². The van der Waals surface area contributed by atoms with Crippen LogP contribution in [0, 0.1) is 13.8 Å². The number of hydrogen-bond acceptors (Lipinski definition) is 4. The van der Waals surface area contributed by atoms with E-state index in [0.717, 1.165) is 11.1 Å². The molecule has 1 aromatic heterocycles. The smallest absolute Gasteiger partial charge is 0.300 e. The highest BCUT2D eigenvalue weighted by atomic mass is 35.5. The number of ketones is 1. The maximum Gasteiger partial charge on any atom is 0.300 e. The molecule has 0 radical (unpaired) electrons. The van der Waals surface area contributed by atoms with Crippen LogP contribution < -0.4 is 4.90 Å². The lowest BCUT2D eigenvalue weighted by Gasteiger charge is -2.26. The molecule has 1 unspecified atom stereocenters. The van der Waals surface area contributed by atoms with Gasteiger partial charge in [-0.3, -0.25) is 19.5 Å². The SMILES string of the molecule is Cc1ccc(N2C(=O)C(=O)/C(=C(/O)c3ccc(Cl)c(Cl)c3)C2c2ccccn2)c(C)c1. The summed E-state index contributed by atoms with van der Waals surface area (Å²) in [5, 5.41) is 11.6. The number of aliphatic hydroxyl groups excluding tert-OH is 1. The van der Waals surface area contributed by atoms with Crippen molar-refractivity contribution in [3.8, 4) is 0 Å². The highest BCUT2D eigenvalue weighted by molar-refractivity contribution is 6.52. The van der Waals surface area contributed by atoms with Gasteiger partial charge in [-0.2, -0.15) is 0 Å². The van der Waals surface area contributed by atoms with Crippen LogP contribution in [0.1, 0.15) is 28.4 Å². The topological polar surface area (TPSA) is 70.5 Å². The maximum atomic E-state index is 13.2. The minimum atomic E-state index is -0.892. The first-order valence-corrected chi connectivity index (χ1v) is 10.3. The molecule has 1 aliphatic rings. The van der Waals surface area contributed by atoms with Crippen molar-refractivity contribution in [1.29, 1.82) is 0 Å². The van der Waals surface area contributed by atoms with Crippen LogP contribution in [-0.2, 0) is 9.59 Å². The number of aromatic nitrogens is 1. The molecule has 31 heavy (non-hydrogen) atoms. The second-order valence-electron chi connectivity index (χ2n) is 7.34. The molecule has 1 fully saturated rings. The van der Waals surface area contributed by atoms with Crippen LogP contribution >= 0.6 is 23.2 Å². The van der Waals surface area contributed by atoms with Crippen LogP contribution in [0.25, 0.3) is 5.76 Å². The van der Waals surface area contributed by atoms with Gasteiger partial charge in [0, 0.05) is 17.4 Å². The molecule has 0 bridgehead atoms. The molecular formula is C24H18Cl2N2O3. The summed E-state index contributed by atoms with van der Waals surface area (Å²) in [5.41, 5.74) is 3.14. The highest BCUT2D eigenvalue weighted by Gasteiger charge is 2.48. The Hall–Kier alpha value is -3.15. The summed E-state index contributed by atoms with van der Waals surface area (Å²) in [6, 6.07) is 14.5. The van der Waals surface area contributed by atoms with Gasteiger partial charge in [0.05, 0.1) is 21.3 Å². The average molecular weight is 453 g/mol. The van der Waals surface area contributed by atoms with Crippen LogP contribution in [0.3, 0.4) is 0 Å². The number of hydrogen-bond donors (Lipinski definition) is 1. The molecule has 0 aliphatic carbocycles. The second-order valence-corrected chi connectivity index (χ2v) is 8.16. The number of carbonyl (C=O) groups excluding carboxylic acids is 2. The molecule has 3 aromatic rings. The van der Waals surface area contributed by atoms with E-state index < -0.39 is 17.7 Å². The Labute approximate surface area is 189 Å². The molecular weight excluding hydrogens is 435 g/mol. The minimum Gasteiger partial charge on any atom is -0.507 e. The number of amides is 1.